The highest BCUT2D eigenvalue weighted by Crippen LogP contribution is 2.34. The highest BCUT2D eigenvalue weighted by Gasteiger charge is 2.23. The molecular weight excluding hydrogens is 402 g/mol. The zero-order valence-corrected chi connectivity index (χ0v) is 18.4. The summed E-state index contributed by atoms with van der Waals surface area (Å²) in [6.45, 7) is 3.00. The number of benzene rings is 1. The minimum atomic E-state index is 0.520. The van der Waals surface area contributed by atoms with E-state index in [-0.39, 0.29) is 0 Å². The van der Waals surface area contributed by atoms with Gasteiger partial charge >= 0.3 is 0 Å². The van der Waals surface area contributed by atoms with Crippen molar-refractivity contribution in [1.82, 2.24) is 24.9 Å². The van der Waals surface area contributed by atoms with Crippen molar-refractivity contribution >= 4 is 11.8 Å². The van der Waals surface area contributed by atoms with E-state index in [0.717, 1.165) is 23.1 Å². The van der Waals surface area contributed by atoms with Crippen LogP contribution in [0.15, 0.2) is 27.9 Å². The third-order valence-corrected chi connectivity index (χ3v) is 6.42. The summed E-state index contributed by atoms with van der Waals surface area (Å²) in [5, 5.41) is 14.0. The molecule has 4 rings (SSSR count). The van der Waals surface area contributed by atoms with Gasteiger partial charge in [-0.25, -0.2) is 0 Å². The van der Waals surface area contributed by atoms with Gasteiger partial charge in [-0.2, -0.15) is 4.98 Å². The molecule has 0 saturated heterocycles. The maximum absolute atomic E-state index is 5.46. The molecule has 2 aromatic heterocycles. The zero-order valence-electron chi connectivity index (χ0n) is 17.6. The van der Waals surface area contributed by atoms with E-state index < -0.39 is 0 Å². The maximum Gasteiger partial charge on any atom is 0.237 e. The summed E-state index contributed by atoms with van der Waals surface area (Å²) in [5.41, 5.74) is 0.809. The second kappa shape index (κ2) is 9.51. The van der Waals surface area contributed by atoms with Crippen molar-refractivity contribution < 1.29 is 14.0 Å². The summed E-state index contributed by atoms with van der Waals surface area (Å²) in [5.74, 6) is 4.55. The molecule has 1 fully saturated rings. The van der Waals surface area contributed by atoms with Gasteiger partial charge in [0.2, 0.25) is 11.7 Å². The Morgan fingerprint density at radius 1 is 1.10 bits per heavy atom. The molecule has 9 heteroatoms. The first-order valence-electron chi connectivity index (χ1n) is 10.3. The van der Waals surface area contributed by atoms with Crippen molar-refractivity contribution in [3.05, 3.63) is 29.9 Å². The molecule has 0 bridgehead atoms. The van der Waals surface area contributed by atoms with E-state index in [9.17, 15) is 0 Å². The smallest absolute Gasteiger partial charge is 0.237 e. The number of nitrogens with zero attached hydrogens (tertiary/aromatic N) is 5. The number of rotatable bonds is 8. The average molecular weight is 430 g/mol. The summed E-state index contributed by atoms with van der Waals surface area (Å²) in [6.07, 6.45) is 6.31. The normalized spacial score (nSPS) is 14.8. The summed E-state index contributed by atoms with van der Waals surface area (Å²) in [4.78, 5) is 4.53. The molecule has 1 aromatic carbocycles. The summed E-state index contributed by atoms with van der Waals surface area (Å²) in [6, 6.07) is 5.55. The van der Waals surface area contributed by atoms with Crippen LogP contribution in [0, 0.1) is 0 Å². The van der Waals surface area contributed by atoms with Gasteiger partial charge in [0.25, 0.3) is 0 Å². The second-order valence-electron chi connectivity index (χ2n) is 7.29. The molecule has 1 aliphatic rings. The predicted molar refractivity (Wildman–Crippen MR) is 114 cm³/mol. The molecule has 3 aromatic rings. The van der Waals surface area contributed by atoms with E-state index in [2.05, 4.69) is 31.8 Å². The molecule has 2 heterocycles. The SMILES string of the molecule is CCn1c(SCc2nc(-c3ccc(OC)c(OC)c3)no2)nnc1C1CCCCC1. The molecule has 0 unspecified atom stereocenters. The van der Waals surface area contributed by atoms with Crippen molar-refractivity contribution in [3.63, 3.8) is 0 Å². The summed E-state index contributed by atoms with van der Waals surface area (Å²) in [7, 11) is 3.21. The largest absolute Gasteiger partial charge is 0.493 e. The summed E-state index contributed by atoms with van der Waals surface area (Å²) < 4.78 is 18.3. The number of methoxy groups -OCH3 is 2. The fraction of sp³-hybridized carbons (Fsp3) is 0.524. The molecule has 0 N–H and O–H groups in total. The van der Waals surface area contributed by atoms with Gasteiger partial charge in [0.15, 0.2) is 16.7 Å². The van der Waals surface area contributed by atoms with Crippen molar-refractivity contribution in [2.24, 2.45) is 0 Å². The Hall–Kier alpha value is -2.55. The van der Waals surface area contributed by atoms with Gasteiger partial charge in [-0.05, 0) is 38.0 Å². The van der Waals surface area contributed by atoms with Crippen LogP contribution in [0.25, 0.3) is 11.4 Å². The number of ether oxygens (including phenoxy) is 2. The number of hydrogen-bond donors (Lipinski definition) is 0. The number of hydrogen-bond acceptors (Lipinski definition) is 8. The van der Waals surface area contributed by atoms with Crippen LogP contribution in [0.2, 0.25) is 0 Å². The quantitative estimate of drug-likeness (QED) is 0.476. The van der Waals surface area contributed by atoms with E-state index in [1.54, 1.807) is 26.0 Å². The molecule has 0 radical (unpaired) electrons. The van der Waals surface area contributed by atoms with Gasteiger partial charge in [0.1, 0.15) is 5.82 Å². The van der Waals surface area contributed by atoms with Gasteiger partial charge in [-0.1, -0.05) is 36.2 Å². The Morgan fingerprint density at radius 2 is 1.90 bits per heavy atom. The first-order valence-corrected chi connectivity index (χ1v) is 11.3. The van der Waals surface area contributed by atoms with Crippen LogP contribution in [0.3, 0.4) is 0 Å². The lowest BCUT2D eigenvalue weighted by Gasteiger charge is -2.21. The van der Waals surface area contributed by atoms with Crippen LogP contribution < -0.4 is 9.47 Å². The maximum atomic E-state index is 5.46. The molecule has 0 amide bonds. The van der Waals surface area contributed by atoms with Crippen molar-refractivity contribution in [2.45, 2.75) is 62.4 Å². The lowest BCUT2D eigenvalue weighted by Crippen LogP contribution is -2.12. The standard InChI is InChI=1S/C21H27N5O3S/c1-4-26-20(14-8-6-5-7-9-14)23-24-21(26)30-13-18-22-19(25-29-18)15-10-11-16(27-2)17(12-15)28-3/h10-12,14H,4-9,13H2,1-3H3. The Balaban J connectivity index is 1.45. The minimum Gasteiger partial charge on any atom is -0.493 e. The molecular formula is C21H27N5O3S. The fourth-order valence-corrected chi connectivity index (χ4v) is 4.75. The molecule has 0 spiro atoms. The Morgan fingerprint density at radius 3 is 2.63 bits per heavy atom. The lowest BCUT2D eigenvalue weighted by molar-refractivity contribution is 0.355. The monoisotopic (exact) mass is 429 g/mol. The first-order chi connectivity index (χ1) is 14.7. The summed E-state index contributed by atoms with van der Waals surface area (Å²) >= 11 is 1.58. The Kier molecular flexibility index (Phi) is 6.56. The molecule has 30 heavy (non-hydrogen) atoms. The van der Waals surface area contributed by atoms with Crippen LogP contribution in [-0.2, 0) is 12.3 Å². The van der Waals surface area contributed by atoms with Gasteiger partial charge < -0.3 is 18.6 Å². The zero-order chi connectivity index (χ0) is 20.9. The van der Waals surface area contributed by atoms with E-state index in [1.165, 1.54) is 32.1 Å². The van der Waals surface area contributed by atoms with Gasteiger partial charge in [0, 0.05) is 18.0 Å². The van der Waals surface area contributed by atoms with Crippen LogP contribution >= 0.6 is 11.8 Å². The van der Waals surface area contributed by atoms with E-state index in [1.807, 2.05) is 18.2 Å². The molecule has 1 aliphatic carbocycles. The number of thioether (sulfide) groups is 1. The minimum absolute atomic E-state index is 0.520. The highest BCUT2D eigenvalue weighted by molar-refractivity contribution is 7.98. The van der Waals surface area contributed by atoms with E-state index in [4.69, 9.17) is 14.0 Å². The Bertz CT molecular complexity index is 981. The van der Waals surface area contributed by atoms with E-state index in [0.29, 0.717) is 34.9 Å². The van der Waals surface area contributed by atoms with Crippen molar-refractivity contribution in [3.8, 4) is 22.9 Å². The predicted octanol–water partition coefficient (Wildman–Crippen LogP) is 4.71. The van der Waals surface area contributed by atoms with Crippen molar-refractivity contribution in [2.75, 3.05) is 14.2 Å². The first kappa shape index (κ1) is 20.7. The third kappa shape index (κ3) is 4.30. The molecule has 1 saturated carbocycles. The molecule has 0 aliphatic heterocycles. The van der Waals surface area contributed by atoms with Crippen LogP contribution in [0.4, 0.5) is 0 Å². The van der Waals surface area contributed by atoms with Gasteiger partial charge in [0.05, 0.1) is 20.0 Å². The van der Waals surface area contributed by atoms with Crippen LogP contribution in [0.5, 0.6) is 11.5 Å². The van der Waals surface area contributed by atoms with Crippen LogP contribution in [0.1, 0.15) is 56.7 Å². The highest BCUT2D eigenvalue weighted by atomic mass is 32.2. The topological polar surface area (TPSA) is 88.1 Å². The molecule has 0 atom stereocenters. The van der Waals surface area contributed by atoms with Crippen LogP contribution in [-0.4, -0.2) is 39.1 Å². The third-order valence-electron chi connectivity index (χ3n) is 5.47. The second-order valence-corrected chi connectivity index (χ2v) is 8.23. The fourth-order valence-electron chi connectivity index (χ4n) is 3.90. The average Bonchev–Trinajstić information content (AvgIpc) is 3.44. The molecule has 160 valence electrons. The Labute approximate surface area is 180 Å². The van der Waals surface area contributed by atoms with Crippen molar-refractivity contribution in [1.29, 1.82) is 0 Å². The van der Waals surface area contributed by atoms with Gasteiger partial charge in [-0.3, -0.25) is 0 Å². The lowest BCUT2D eigenvalue weighted by atomic mass is 9.89. The van der Waals surface area contributed by atoms with Gasteiger partial charge in [-0.15, -0.1) is 10.2 Å². The molecule has 8 nitrogen and oxygen atoms in total. The van der Waals surface area contributed by atoms with E-state index >= 15 is 0 Å². The number of aromatic nitrogens is 5.